The van der Waals surface area contributed by atoms with Crippen LogP contribution in [0.1, 0.15) is 25.8 Å². The summed E-state index contributed by atoms with van der Waals surface area (Å²) in [6, 6.07) is 16.8. The van der Waals surface area contributed by atoms with Gasteiger partial charge in [-0.3, -0.25) is 9.10 Å². The van der Waals surface area contributed by atoms with Crippen LogP contribution in [0.25, 0.3) is 0 Å². The van der Waals surface area contributed by atoms with Gasteiger partial charge in [-0.25, -0.2) is 8.42 Å². The minimum absolute atomic E-state index is 0.188. The van der Waals surface area contributed by atoms with Gasteiger partial charge in [-0.2, -0.15) is 0 Å². The predicted molar refractivity (Wildman–Crippen MR) is 110 cm³/mol. The molecule has 0 aromatic heterocycles. The molecule has 1 aliphatic heterocycles. The average molecular weight is 403 g/mol. The highest BCUT2D eigenvalue weighted by atomic mass is 32.2. The van der Waals surface area contributed by atoms with Gasteiger partial charge in [0, 0.05) is 18.5 Å². The first-order valence-electron chi connectivity index (χ1n) is 9.25. The van der Waals surface area contributed by atoms with Crippen LogP contribution in [0.15, 0.2) is 54.6 Å². The topological polar surface area (TPSA) is 75.7 Å². The van der Waals surface area contributed by atoms with Gasteiger partial charge in [0.1, 0.15) is 5.75 Å². The van der Waals surface area contributed by atoms with Gasteiger partial charge in [0.25, 0.3) is 5.91 Å². The van der Waals surface area contributed by atoms with E-state index in [1.807, 2.05) is 44.2 Å². The van der Waals surface area contributed by atoms with E-state index in [4.69, 9.17) is 4.74 Å². The Bertz CT molecular complexity index is 942. The number of ether oxygens (including phenoxy) is 1. The molecule has 1 N–H and O–H groups in total. The molecular formula is C21H26N2O4S. The van der Waals surface area contributed by atoms with Crippen LogP contribution in [0.3, 0.4) is 0 Å². The Hall–Kier alpha value is -2.54. The number of carbonyl (C=O) groups excluding carboxylic acids is 1. The third-order valence-electron chi connectivity index (χ3n) is 4.64. The molecule has 0 saturated heterocycles. The van der Waals surface area contributed by atoms with E-state index < -0.39 is 21.7 Å². The number of hydrogen-bond donors (Lipinski definition) is 1. The molecule has 7 heteroatoms. The highest BCUT2D eigenvalue weighted by molar-refractivity contribution is 7.92. The lowest BCUT2D eigenvalue weighted by molar-refractivity contribution is -0.129. The first-order chi connectivity index (χ1) is 13.2. The molecular weight excluding hydrogens is 376 g/mol. The van der Waals surface area contributed by atoms with E-state index in [0.717, 1.165) is 11.8 Å². The van der Waals surface area contributed by atoms with Crippen LogP contribution < -0.4 is 14.4 Å². The normalized spacial score (nSPS) is 17.2. The van der Waals surface area contributed by atoms with Gasteiger partial charge in [0.2, 0.25) is 10.0 Å². The number of anilines is 1. The molecule has 3 rings (SSSR count). The second-order valence-electron chi connectivity index (χ2n) is 7.73. The van der Waals surface area contributed by atoms with Crippen molar-refractivity contribution in [2.75, 3.05) is 17.1 Å². The van der Waals surface area contributed by atoms with Crippen molar-refractivity contribution in [2.45, 2.75) is 38.3 Å². The van der Waals surface area contributed by atoms with Gasteiger partial charge in [0.05, 0.1) is 11.9 Å². The van der Waals surface area contributed by atoms with Crippen molar-refractivity contribution < 1.29 is 17.9 Å². The smallest absolute Gasteiger partial charge is 0.261 e. The number of fused-ring (bicyclic) bond motifs is 1. The summed E-state index contributed by atoms with van der Waals surface area (Å²) in [7, 11) is -3.47. The molecule has 150 valence electrons. The zero-order valence-corrected chi connectivity index (χ0v) is 17.2. The van der Waals surface area contributed by atoms with Crippen molar-refractivity contribution in [1.82, 2.24) is 5.32 Å². The lowest BCUT2D eigenvalue weighted by Gasteiger charge is -2.29. The first kappa shape index (κ1) is 20.2. The summed E-state index contributed by atoms with van der Waals surface area (Å²) >= 11 is 0. The molecule has 1 amide bonds. The number of carbonyl (C=O) groups is 1. The molecule has 28 heavy (non-hydrogen) atoms. The van der Waals surface area contributed by atoms with Crippen molar-refractivity contribution in [3.8, 4) is 5.75 Å². The highest BCUT2D eigenvalue weighted by Crippen LogP contribution is 2.34. The van der Waals surface area contributed by atoms with Crippen molar-refractivity contribution in [2.24, 2.45) is 0 Å². The second-order valence-corrected chi connectivity index (χ2v) is 9.64. The Labute approximate surface area is 166 Å². The van der Waals surface area contributed by atoms with Crippen molar-refractivity contribution in [3.05, 3.63) is 60.2 Å². The summed E-state index contributed by atoms with van der Waals surface area (Å²) in [6.07, 6.45) is 1.35. The summed E-state index contributed by atoms with van der Waals surface area (Å²) < 4.78 is 31.6. The molecule has 0 radical (unpaired) electrons. The first-order valence-corrected chi connectivity index (χ1v) is 11.1. The SMILES string of the molecule is CC(C)(Cc1ccccc1)NC(=O)[C@H]1CCN(S(C)(=O)=O)c2ccccc2O1. The number of nitrogens with zero attached hydrogens (tertiary/aromatic N) is 1. The van der Waals surface area contributed by atoms with E-state index in [2.05, 4.69) is 5.32 Å². The fraction of sp³-hybridized carbons (Fsp3) is 0.381. The third kappa shape index (κ3) is 4.84. The Kier molecular flexibility index (Phi) is 5.65. The van der Waals surface area contributed by atoms with Crippen LogP contribution in [-0.2, 0) is 21.2 Å². The number of sulfonamides is 1. The van der Waals surface area contributed by atoms with Crippen molar-refractivity contribution in [3.63, 3.8) is 0 Å². The molecule has 0 bridgehead atoms. The average Bonchev–Trinajstić information content (AvgIpc) is 2.81. The molecule has 2 aromatic rings. The Morgan fingerprint density at radius 1 is 1.14 bits per heavy atom. The minimum atomic E-state index is -3.47. The zero-order valence-electron chi connectivity index (χ0n) is 16.4. The molecule has 2 aromatic carbocycles. The maximum atomic E-state index is 12.9. The van der Waals surface area contributed by atoms with Crippen LogP contribution in [0.2, 0.25) is 0 Å². The fourth-order valence-corrected chi connectivity index (χ4v) is 4.37. The summed E-state index contributed by atoms with van der Waals surface area (Å²) in [5.41, 5.74) is 1.12. The highest BCUT2D eigenvalue weighted by Gasteiger charge is 2.33. The number of hydrogen-bond acceptors (Lipinski definition) is 4. The number of nitrogens with one attached hydrogen (secondary N) is 1. The monoisotopic (exact) mass is 402 g/mol. The lowest BCUT2D eigenvalue weighted by Crippen LogP contribution is -2.50. The van der Waals surface area contributed by atoms with Crippen LogP contribution in [0.4, 0.5) is 5.69 Å². The lowest BCUT2D eigenvalue weighted by atomic mass is 9.94. The van der Waals surface area contributed by atoms with Crippen molar-refractivity contribution in [1.29, 1.82) is 0 Å². The maximum Gasteiger partial charge on any atom is 0.261 e. The summed E-state index contributed by atoms with van der Waals surface area (Å²) in [6.45, 7) is 4.11. The second kappa shape index (κ2) is 7.83. The molecule has 0 aliphatic carbocycles. The molecule has 1 heterocycles. The molecule has 0 saturated carbocycles. The molecule has 0 unspecified atom stereocenters. The molecule has 1 atom stereocenters. The quantitative estimate of drug-likeness (QED) is 0.834. The van der Waals surface area contributed by atoms with Crippen LogP contribution in [0, 0.1) is 0 Å². The number of benzene rings is 2. The molecule has 0 fully saturated rings. The van der Waals surface area contributed by atoms with Gasteiger partial charge in [0.15, 0.2) is 6.10 Å². The number of rotatable bonds is 5. The van der Waals surface area contributed by atoms with E-state index in [1.54, 1.807) is 24.3 Å². The largest absolute Gasteiger partial charge is 0.478 e. The third-order valence-corrected chi connectivity index (χ3v) is 5.82. The Morgan fingerprint density at radius 3 is 2.46 bits per heavy atom. The summed E-state index contributed by atoms with van der Waals surface area (Å²) in [4.78, 5) is 12.9. The minimum Gasteiger partial charge on any atom is -0.478 e. The van der Waals surface area contributed by atoms with Gasteiger partial charge in [-0.1, -0.05) is 42.5 Å². The number of amides is 1. The van der Waals surface area contributed by atoms with Crippen LogP contribution in [-0.4, -0.2) is 38.8 Å². The fourth-order valence-electron chi connectivity index (χ4n) is 3.42. The number of para-hydroxylation sites is 2. The van der Waals surface area contributed by atoms with E-state index in [9.17, 15) is 13.2 Å². The van der Waals surface area contributed by atoms with E-state index in [1.165, 1.54) is 4.31 Å². The van der Waals surface area contributed by atoms with Gasteiger partial charge in [-0.05, 0) is 38.0 Å². The van der Waals surface area contributed by atoms with Crippen LogP contribution >= 0.6 is 0 Å². The maximum absolute atomic E-state index is 12.9. The van der Waals surface area contributed by atoms with Crippen molar-refractivity contribution >= 4 is 21.6 Å². The molecule has 0 spiro atoms. The van der Waals surface area contributed by atoms with Gasteiger partial charge >= 0.3 is 0 Å². The standard InChI is InChI=1S/C21H26N2O4S/c1-21(2,15-16-9-5-4-6-10-16)22-20(24)19-13-14-23(28(3,25)26)17-11-7-8-12-18(17)27-19/h4-12,19H,13-15H2,1-3H3,(H,22,24)/t19-/m1/s1. The molecule has 1 aliphatic rings. The van der Waals surface area contributed by atoms with Gasteiger partial charge in [-0.15, -0.1) is 0 Å². The predicted octanol–water partition coefficient (Wildman–Crippen LogP) is 2.74. The van der Waals surface area contributed by atoms with E-state index in [0.29, 0.717) is 17.9 Å². The van der Waals surface area contributed by atoms with Gasteiger partial charge < -0.3 is 10.1 Å². The Morgan fingerprint density at radius 2 is 1.79 bits per heavy atom. The van der Waals surface area contributed by atoms with Crippen LogP contribution in [0.5, 0.6) is 5.75 Å². The Balaban J connectivity index is 1.76. The molecule has 6 nitrogen and oxygen atoms in total. The van der Waals surface area contributed by atoms with E-state index >= 15 is 0 Å². The summed E-state index contributed by atoms with van der Waals surface area (Å²) in [5.74, 6) is 0.150. The summed E-state index contributed by atoms with van der Waals surface area (Å²) in [5, 5.41) is 3.05. The zero-order chi connectivity index (χ0) is 20.4. The van der Waals surface area contributed by atoms with E-state index in [-0.39, 0.29) is 18.9 Å².